The van der Waals surface area contributed by atoms with E-state index in [9.17, 15) is 0 Å². The molecule has 0 spiro atoms. The van der Waals surface area contributed by atoms with Crippen molar-refractivity contribution in [3.63, 3.8) is 0 Å². The molecular formula is HfNbTiZnZr. The van der Waals surface area contributed by atoms with Gasteiger partial charge >= 0.3 is 0 Å². The molecule has 0 aliphatic heterocycles. The molecule has 0 unspecified atom stereocenters. The van der Waals surface area contributed by atoms with E-state index in [0.717, 1.165) is 0 Å². The molecule has 0 fully saturated rings. The summed E-state index contributed by atoms with van der Waals surface area (Å²) in [5.74, 6) is 0. The SMILES string of the molecule is [Hf].[Nb].[Ti].[Zn].[Zr]. The topological polar surface area (TPSA) is 0 Å². The molecule has 0 aliphatic carbocycles. The van der Waals surface area contributed by atoms with Crippen molar-refractivity contribution in [3.05, 3.63) is 0 Å². The molecular weight excluding hydrogens is 476 g/mol. The fourth-order valence-corrected chi connectivity index (χ4v) is 0. The third-order valence-electron chi connectivity index (χ3n) is 0. The van der Waals surface area contributed by atoms with Crippen LogP contribution in [0.4, 0.5) is 0 Å². The molecule has 19 valence electrons. The summed E-state index contributed by atoms with van der Waals surface area (Å²) in [4.78, 5) is 0. The average Bonchev–Trinajstić information content (AvgIpc) is 0. The zero-order chi connectivity index (χ0) is 0. The van der Waals surface area contributed by atoms with Crippen LogP contribution in [-0.4, -0.2) is 0 Å². The Kier molecular flexibility index (Phi) is 184. The molecule has 0 N–H and O–H groups in total. The summed E-state index contributed by atoms with van der Waals surface area (Å²) in [6.07, 6.45) is 0. The van der Waals surface area contributed by atoms with E-state index in [-0.39, 0.29) is 116 Å². The van der Waals surface area contributed by atoms with Gasteiger partial charge in [0.15, 0.2) is 0 Å². The third kappa shape index (κ3) is 18.1. The van der Waals surface area contributed by atoms with E-state index in [1.807, 2.05) is 0 Å². The molecule has 0 heterocycles. The van der Waals surface area contributed by atoms with E-state index >= 15 is 0 Å². The predicted molar refractivity (Wildman–Crippen MR) is 0 cm³/mol. The Morgan fingerprint density at radius 3 is 1.00 bits per heavy atom. The van der Waals surface area contributed by atoms with Crippen molar-refractivity contribution in [2.75, 3.05) is 0 Å². The van der Waals surface area contributed by atoms with Gasteiger partial charge in [-0.15, -0.1) is 0 Å². The van der Waals surface area contributed by atoms with Gasteiger partial charge in [-0.05, 0) is 0 Å². The third-order valence-corrected chi connectivity index (χ3v) is 0. The predicted octanol–water partition coefficient (Wildman–Crippen LogP) is -0.0125. The first-order valence-electron chi connectivity index (χ1n) is 0. The Morgan fingerprint density at radius 1 is 1.00 bits per heavy atom. The van der Waals surface area contributed by atoms with E-state index in [1.165, 1.54) is 0 Å². The van der Waals surface area contributed by atoms with Gasteiger partial charge in [0.2, 0.25) is 0 Å². The van der Waals surface area contributed by atoms with Crippen molar-refractivity contribution in [1.29, 1.82) is 0 Å². The molecule has 5 heavy (non-hydrogen) atoms. The maximum Gasteiger partial charge on any atom is 0 e. The average molecular weight is 476 g/mol. The molecule has 0 bridgehead atoms. The Bertz CT molecular complexity index is 11.6. The second-order valence-corrected chi connectivity index (χ2v) is 0. The van der Waals surface area contributed by atoms with Gasteiger partial charge in [0.25, 0.3) is 0 Å². The van der Waals surface area contributed by atoms with E-state index in [1.54, 1.807) is 0 Å². The maximum atomic E-state index is 0. The van der Waals surface area contributed by atoms with Gasteiger partial charge in [0.1, 0.15) is 0 Å². The summed E-state index contributed by atoms with van der Waals surface area (Å²) in [5.41, 5.74) is 0. The Balaban J connectivity index is 0. The smallest absolute Gasteiger partial charge is 0 e. The van der Waals surface area contributed by atoms with Crippen LogP contribution < -0.4 is 0 Å². The second-order valence-electron chi connectivity index (χ2n) is 0. The molecule has 0 amide bonds. The van der Waals surface area contributed by atoms with Crippen molar-refractivity contribution in [1.82, 2.24) is 0 Å². The maximum absolute atomic E-state index is 0. The standard InChI is InChI=1S/Hf.Nb.Ti.Zn.Zr. The van der Waals surface area contributed by atoms with Gasteiger partial charge in [-0.1, -0.05) is 0 Å². The summed E-state index contributed by atoms with van der Waals surface area (Å²) in [6.45, 7) is 0. The fraction of sp³-hybridized carbons (Fsp3) is 0. The van der Waals surface area contributed by atoms with Crippen LogP contribution in [0.25, 0.3) is 0 Å². The Morgan fingerprint density at radius 2 is 1.00 bits per heavy atom. The molecule has 0 saturated carbocycles. The van der Waals surface area contributed by atoms with Gasteiger partial charge in [0.05, 0.1) is 0 Å². The van der Waals surface area contributed by atoms with E-state index in [2.05, 4.69) is 0 Å². The molecule has 0 aromatic heterocycles. The summed E-state index contributed by atoms with van der Waals surface area (Å²) in [7, 11) is 0. The summed E-state index contributed by atoms with van der Waals surface area (Å²) in [6, 6.07) is 0. The van der Waals surface area contributed by atoms with Crippen molar-refractivity contribution in [2.24, 2.45) is 0 Å². The van der Waals surface area contributed by atoms with Crippen LogP contribution in [0, 0.1) is 0 Å². The van der Waals surface area contributed by atoms with Gasteiger partial charge in [-0.25, -0.2) is 0 Å². The van der Waals surface area contributed by atoms with Gasteiger partial charge < -0.3 is 0 Å². The minimum atomic E-state index is 0. The van der Waals surface area contributed by atoms with E-state index in [0.29, 0.717) is 0 Å². The van der Waals surface area contributed by atoms with Crippen molar-refractivity contribution in [2.45, 2.75) is 0 Å². The Labute approximate surface area is 113 Å². The van der Waals surface area contributed by atoms with Crippen LogP contribution in [0.3, 0.4) is 0 Å². The van der Waals surface area contributed by atoms with Crippen LogP contribution in [0.5, 0.6) is 0 Å². The molecule has 0 aromatic rings. The van der Waals surface area contributed by atoms with Gasteiger partial charge in [-0.3, -0.25) is 0 Å². The quantitative estimate of drug-likeness (QED) is 0.432. The van der Waals surface area contributed by atoms with Crippen molar-refractivity contribution < 1.29 is 116 Å². The monoisotopic (exact) mass is 475 g/mol. The Hall–Kier alpha value is 3.83. The number of hydrogen-bond acceptors (Lipinski definition) is 0. The van der Waals surface area contributed by atoms with Crippen LogP contribution in [0.15, 0.2) is 0 Å². The second kappa shape index (κ2) is 24.9. The molecule has 5 heteroatoms. The van der Waals surface area contributed by atoms with E-state index in [4.69, 9.17) is 0 Å². The summed E-state index contributed by atoms with van der Waals surface area (Å²) in [5, 5.41) is 0. The number of rotatable bonds is 0. The molecule has 0 atom stereocenters. The minimum Gasteiger partial charge on any atom is 0 e. The summed E-state index contributed by atoms with van der Waals surface area (Å²) >= 11 is 0. The molecule has 0 rings (SSSR count). The van der Waals surface area contributed by atoms with Crippen molar-refractivity contribution in [3.8, 4) is 0 Å². The summed E-state index contributed by atoms with van der Waals surface area (Å²) < 4.78 is 0. The molecule has 0 aliphatic rings. The zero-order valence-electron chi connectivity index (χ0n) is 2.65. The molecule has 1 radical (unpaired) electrons. The van der Waals surface area contributed by atoms with Crippen molar-refractivity contribution >= 4 is 0 Å². The molecule has 0 nitrogen and oxygen atoms in total. The van der Waals surface area contributed by atoms with E-state index < -0.39 is 0 Å². The number of hydrogen-bond donors (Lipinski definition) is 0. The molecule has 0 aromatic carbocycles. The first-order chi connectivity index (χ1) is 0. The van der Waals surface area contributed by atoms with Gasteiger partial charge in [-0.2, -0.15) is 0 Å². The first kappa shape index (κ1) is 36.9. The fourth-order valence-electron chi connectivity index (χ4n) is 0. The van der Waals surface area contributed by atoms with Gasteiger partial charge in [0, 0.05) is 116 Å². The first-order valence-corrected chi connectivity index (χ1v) is 0. The van der Waals surface area contributed by atoms with Crippen LogP contribution in [-0.2, 0) is 116 Å². The largest absolute Gasteiger partial charge is 0 e. The van der Waals surface area contributed by atoms with Crippen LogP contribution in [0.2, 0.25) is 0 Å². The zero-order valence-corrected chi connectivity index (χ0v) is 15.4. The van der Waals surface area contributed by atoms with Crippen LogP contribution in [0.1, 0.15) is 0 Å². The van der Waals surface area contributed by atoms with Crippen LogP contribution >= 0.6 is 0 Å². The minimum absolute atomic E-state index is 0. The normalized spacial score (nSPS) is 0. The molecule has 0 saturated heterocycles.